The summed E-state index contributed by atoms with van der Waals surface area (Å²) in [6.45, 7) is 3.92. The SMILES string of the molecule is C[C@H](C(=O)NCC(=O)Nc1ccc(F)c(F)c1F)N1CCN(c2ccc(O)cc2)CC1. The minimum absolute atomic E-state index is 0.198. The number of nitrogens with zero attached hydrogens (tertiary/aromatic N) is 2. The van der Waals surface area contributed by atoms with Crippen LogP contribution < -0.4 is 15.5 Å². The first kappa shape index (κ1) is 22.4. The molecule has 0 aliphatic carbocycles. The fourth-order valence-corrected chi connectivity index (χ4v) is 3.33. The lowest BCUT2D eigenvalue weighted by atomic mass is 10.2. The molecule has 0 saturated carbocycles. The zero-order chi connectivity index (χ0) is 22.5. The zero-order valence-corrected chi connectivity index (χ0v) is 16.9. The minimum Gasteiger partial charge on any atom is -0.508 e. The number of phenols is 1. The van der Waals surface area contributed by atoms with Crippen LogP contribution in [0.5, 0.6) is 5.75 Å². The largest absolute Gasteiger partial charge is 0.508 e. The Morgan fingerprint density at radius 1 is 1.00 bits per heavy atom. The van der Waals surface area contributed by atoms with Crippen molar-refractivity contribution in [3.63, 3.8) is 0 Å². The number of anilines is 2. The minimum atomic E-state index is -1.68. The van der Waals surface area contributed by atoms with Crippen molar-refractivity contribution in [2.24, 2.45) is 0 Å². The van der Waals surface area contributed by atoms with Crippen LogP contribution in [-0.2, 0) is 9.59 Å². The zero-order valence-electron chi connectivity index (χ0n) is 16.9. The Hall–Kier alpha value is -3.27. The van der Waals surface area contributed by atoms with Gasteiger partial charge in [-0.3, -0.25) is 14.5 Å². The maximum atomic E-state index is 13.6. The Bertz CT molecular complexity index is 948. The van der Waals surface area contributed by atoms with E-state index in [2.05, 4.69) is 15.5 Å². The summed E-state index contributed by atoms with van der Waals surface area (Å²) in [7, 11) is 0. The summed E-state index contributed by atoms with van der Waals surface area (Å²) in [5.41, 5.74) is 0.479. The molecule has 1 aliphatic rings. The number of amides is 2. The van der Waals surface area contributed by atoms with E-state index in [9.17, 15) is 27.9 Å². The highest BCUT2D eigenvalue weighted by Crippen LogP contribution is 2.21. The van der Waals surface area contributed by atoms with Crippen molar-refractivity contribution in [1.29, 1.82) is 0 Å². The monoisotopic (exact) mass is 436 g/mol. The van der Waals surface area contributed by atoms with E-state index in [0.29, 0.717) is 32.2 Å². The molecule has 1 saturated heterocycles. The van der Waals surface area contributed by atoms with Crippen molar-refractivity contribution in [2.45, 2.75) is 13.0 Å². The summed E-state index contributed by atoms with van der Waals surface area (Å²) in [6.07, 6.45) is 0. The number of nitrogens with one attached hydrogen (secondary N) is 2. The summed E-state index contributed by atoms with van der Waals surface area (Å²) in [4.78, 5) is 28.5. The molecule has 2 amide bonds. The van der Waals surface area contributed by atoms with E-state index in [1.54, 1.807) is 19.1 Å². The lowest BCUT2D eigenvalue weighted by Gasteiger charge is -2.38. The Kier molecular flexibility index (Phi) is 7.01. The number of benzene rings is 2. The first-order chi connectivity index (χ1) is 14.8. The number of hydrogen-bond acceptors (Lipinski definition) is 5. The summed E-state index contributed by atoms with van der Waals surface area (Å²) in [5, 5.41) is 14.0. The predicted octanol–water partition coefficient (Wildman–Crippen LogP) is 2.07. The first-order valence-corrected chi connectivity index (χ1v) is 9.75. The van der Waals surface area contributed by atoms with Crippen molar-refractivity contribution in [2.75, 3.05) is 42.9 Å². The molecule has 10 heteroatoms. The highest BCUT2D eigenvalue weighted by molar-refractivity contribution is 5.95. The van der Waals surface area contributed by atoms with Gasteiger partial charge in [0.05, 0.1) is 18.3 Å². The smallest absolute Gasteiger partial charge is 0.243 e. The summed E-state index contributed by atoms with van der Waals surface area (Å²) in [6, 6.07) is 8.01. The Morgan fingerprint density at radius 3 is 2.29 bits per heavy atom. The number of aromatic hydroxyl groups is 1. The molecule has 0 bridgehead atoms. The van der Waals surface area contributed by atoms with Crippen molar-refractivity contribution in [1.82, 2.24) is 10.2 Å². The topological polar surface area (TPSA) is 84.9 Å². The summed E-state index contributed by atoms with van der Waals surface area (Å²) < 4.78 is 39.8. The van der Waals surface area contributed by atoms with Crippen LogP contribution in [0.25, 0.3) is 0 Å². The van der Waals surface area contributed by atoms with Gasteiger partial charge in [0, 0.05) is 31.9 Å². The number of halogens is 3. The Balaban J connectivity index is 1.46. The molecule has 0 spiro atoms. The van der Waals surface area contributed by atoms with Gasteiger partial charge in [0.25, 0.3) is 0 Å². The summed E-state index contributed by atoms with van der Waals surface area (Å²) >= 11 is 0. The Labute approximate surface area is 177 Å². The second-order valence-electron chi connectivity index (χ2n) is 7.20. The third kappa shape index (κ3) is 5.46. The van der Waals surface area contributed by atoms with Gasteiger partial charge in [0.2, 0.25) is 11.8 Å². The molecule has 1 fully saturated rings. The van der Waals surface area contributed by atoms with Gasteiger partial charge in [-0.1, -0.05) is 0 Å². The molecule has 1 atom stereocenters. The van der Waals surface area contributed by atoms with Crippen LogP contribution in [0, 0.1) is 17.5 Å². The molecule has 1 aliphatic heterocycles. The van der Waals surface area contributed by atoms with Gasteiger partial charge >= 0.3 is 0 Å². The van der Waals surface area contributed by atoms with Crippen LogP contribution in [0.4, 0.5) is 24.5 Å². The molecule has 0 unspecified atom stereocenters. The van der Waals surface area contributed by atoms with Crippen LogP contribution in [0.3, 0.4) is 0 Å². The molecule has 2 aromatic rings. The maximum Gasteiger partial charge on any atom is 0.243 e. The third-order valence-electron chi connectivity index (χ3n) is 5.19. The van der Waals surface area contributed by atoms with E-state index in [1.807, 2.05) is 17.0 Å². The molecular weight excluding hydrogens is 413 g/mol. The number of piperazine rings is 1. The fourth-order valence-electron chi connectivity index (χ4n) is 3.33. The molecule has 3 rings (SSSR count). The van der Waals surface area contributed by atoms with Crippen LogP contribution in [0.2, 0.25) is 0 Å². The molecule has 7 nitrogen and oxygen atoms in total. The second kappa shape index (κ2) is 9.69. The molecular formula is C21H23F3N4O3. The van der Waals surface area contributed by atoms with Gasteiger partial charge in [-0.25, -0.2) is 13.2 Å². The molecule has 0 aromatic heterocycles. The predicted molar refractivity (Wildman–Crippen MR) is 109 cm³/mol. The van der Waals surface area contributed by atoms with Crippen LogP contribution >= 0.6 is 0 Å². The number of rotatable bonds is 6. The Morgan fingerprint density at radius 2 is 1.65 bits per heavy atom. The highest BCUT2D eigenvalue weighted by atomic mass is 19.2. The molecule has 1 heterocycles. The number of carbonyl (C=O) groups is 2. The summed E-state index contributed by atoms with van der Waals surface area (Å²) in [5.74, 6) is -5.48. The number of phenolic OH excluding ortho intramolecular Hbond substituents is 1. The van der Waals surface area contributed by atoms with E-state index in [-0.39, 0.29) is 11.7 Å². The van der Waals surface area contributed by atoms with E-state index in [1.165, 1.54) is 0 Å². The van der Waals surface area contributed by atoms with E-state index >= 15 is 0 Å². The lowest BCUT2D eigenvalue weighted by molar-refractivity contribution is -0.128. The van der Waals surface area contributed by atoms with Gasteiger partial charge < -0.3 is 20.6 Å². The maximum absolute atomic E-state index is 13.6. The fraction of sp³-hybridized carbons (Fsp3) is 0.333. The van der Waals surface area contributed by atoms with Crippen LogP contribution in [0.15, 0.2) is 36.4 Å². The number of carbonyl (C=O) groups excluding carboxylic acids is 2. The normalized spacial score (nSPS) is 15.4. The standard InChI is InChI=1S/C21H23F3N4O3/c1-13(27-8-10-28(11-9-27)14-2-4-15(29)5-3-14)21(31)25-12-18(30)26-17-7-6-16(22)19(23)20(17)24/h2-7,13,29H,8-12H2,1H3,(H,25,31)(H,26,30)/t13-/m1/s1. The van der Waals surface area contributed by atoms with E-state index in [0.717, 1.165) is 11.8 Å². The second-order valence-corrected chi connectivity index (χ2v) is 7.20. The van der Waals surface area contributed by atoms with Gasteiger partial charge in [0.1, 0.15) is 5.75 Å². The average Bonchev–Trinajstić information content (AvgIpc) is 2.78. The molecule has 3 N–H and O–H groups in total. The van der Waals surface area contributed by atoms with Crippen molar-refractivity contribution in [3.05, 3.63) is 53.8 Å². The van der Waals surface area contributed by atoms with Gasteiger partial charge in [0.15, 0.2) is 17.5 Å². The molecule has 166 valence electrons. The van der Waals surface area contributed by atoms with E-state index < -0.39 is 41.6 Å². The quantitative estimate of drug-likeness (QED) is 0.604. The molecule has 31 heavy (non-hydrogen) atoms. The molecule has 2 aromatic carbocycles. The highest BCUT2D eigenvalue weighted by Gasteiger charge is 2.26. The van der Waals surface area contributed by atoms with Crippen LogP contribution in [0.1, 0.15) is 6.92 Å². The van der Waals surface area contributed by atoms with Crippen molar-refractivity contribution >= 4 is 23.2 Å². The van der Waals surface area contributed by atoms with Crippen molar-refractivity contribution < 1.29 is 27.9 Å². The van der Waals surface area contributed by atoms with Gasteiger partial charge in [-0.05, 0) is 43.3 Å². The van der Waals surface area contributed by atoms with Gasteiger partial charge in [-0.15, -0.1) is 0 Å². The van der Waals surface area contributed by atoms with Crippen LogP contribution in [-0.4, -0.2) is 60.6 Å². The molecule has 0 radical (unpaired) electrons. The van der Waals surface area contributed by atoms with Gasteiger partial charge in [-0.2, -0.15) is 0 Å². The van der Waals surface area contributed by atoms with E-state index in [4.69, 9.17) is 0 Å². The average molecular weight is 436 g/mol. The number of hydrogen-bond donors (Lipinski definition) is 3. The first-order valence-electron chi connectivity index (χ1n) is 9.75. The lowest BCUT2D eigenvalue weighted by Crippen LogP contribution is -2.54. The third-order valence-corrected chi connectivity index (χ3v) is 5.19. The van der Waals surface area contributed by atoms with Crippen molar-refractivity contribution in [3.8, 4) is 5.75 Å².